The third kappa shape index (κ3) is 3.84. The van der Waals surface area contributed by atoms with Crippen molar-refractivity contribution >= 4 is 12.0 Å². The quantitative estimate of drug-likeness (QED) is 0.810. The summed E-state index contributed by atoms with van der Waals surface area (Å²) in [5, 5.41) is 0. The number of benzene rings is 2. The topological polar surface area (TPSA) is 38.8 Å². The fraction of sp³-hybridized carbons (Fsp3) is 0.250. The molecule has 1 unspecified atom stereocenters. The van der Waals surface area contributed by atoms with E-state index in [-0.39, 0.29) is 12.0 Å². The summed E-state index contributed by atoms with van der Waals surface area (Å²) in [6, 6.07) is 17.6. The number of para-hydroxylation sites is 1. The average molecular weight is 323 g/mol. The number of nitrogens with zero attached hydrogens (tertiary/aromatic N) is 1. The van der Waals surface area contributed by atoms with Crippen LogP contribution in [-0.2, 0) is 9.53 Å². The van der Waals surface area contributed by atoms with Gasteiger partial charge in [-0.25, -0.2) is 0 Å². The third-order valence-electron chi connectivity index (χ3n) is 4.09. The fourth-order valence-electron chi connectivity index (χ4n) is 2.79. The summed E-state index contributed by atoms with van der Waals surface area (Å²) in [5.74, 6) is 0.746. The molecule has 124 valence electrons. The molecule has 1 aliphatic rings. The Bertz CT molecular complexity index is 712. The molecule has 4 heteroatoms. The van der Waals surface area contributed by atoms with Gasteiger partial charge < -0.3 is 14.4 Å². The van der Waals surface area contributed by atoms with Crippen LogP contribution in [0.3, 0.4) is 0 Å². The van der Waals surface area contributed by atoms with Crippen LogP contribution in [0.15, 0.2) is 60.7 Å². The summed E-state index contributed by atoms with van der Waals surface area (Å²) in [7, 11) is 1.63. The van der Waals surface area contributed by atoms with Gasteiger partial charge in [-0.15, -0.1) is 0 Å². The van der Waals surface area contributed by atoms with Crippen molar-refractivity contribution in [2.45, 2.75) is 6.10 Å². The maximum atomic E-state index is 12.5. The maximum Gasteiger partial charge on any atom is 0.246 e. The third-order valence-corrected chi connectivity index (χ3v) is 4.09. The molecular formula is C20H21NO3. The van der Waals surface area contributed by atoms with E-state index in [0.29, 0.717) is 19.7 Å². The second kappa shape index (κ2) is 7.79. The molecule has 3 rings (SSSR count). The van der Waals surface area contributed by atoms with Gasteiger partial charge in [0, 0.05) is 18.2 Å². The summed E-state index contributed by atoms with van der Waals surface area (Å²) in [4.78, 5) is 14.3. The minimum absolute atomic E-state index is 0.00913. The van der Waals surface area contributed by atoms with Crippen LogP contribution in [0.5, 0.6) is 5.75 Å². The first-order chi connectivity index (χ1) is 11.8. The minimum atomic E-state index is -0.0661. The van der Waals surface area contributed by atoms with Crippen LogP contribution in [0, 0.1) is 0 Å². The largest absolute Gasteiger partial charge is 0.496 e. The van der Waals surface area contributed by atoms with Gasteiger partial charge >= 0.3 is 0 Å². The summed E-state index contributed by atoms with van der Waals surface area (Å²) in [6.07, 6.45) is 3.34. The minimum Gasteiger partial charge on any atom is -0.496 e. The van der Waals surface area contributed by atoms with Crippen LogP contribution >= 0.6 is 0 Å². The molecule has 0 radical (unpaired) electrons. The summed E-state index contributed by atoms with van der Waals surface area (Å²) in [5.41, 5.74) is 1.99. The molecule has 24 heavy (non-hydrogen) atoms. The van der Waals surface area contributed by atoms with Crippen molar-refractivity contribution in [3.05, 3.63) is 71.8 Å². The van der Waals surface area contributed by atoms with Crippen LogP contribution in [0.2, 0.25) is 0 Å². The lowest BCUT2D eigenvalue weighted by atomic mass is 10.1. The second-order valence-electron chi connectivity index (χ2n) is 5.63. The van der Waals surface area contributed by atoms with E-state index < -0.39 is 0 Å². The first-order valence-electron chi connectivity index (χ1n) is 8.04. The van der Waals surface area contributed by atoms with Gasteiger partial charge in [-0.3, -0.25) is 4.79 Å². The Labute approximate surface area is 142 Å². The van der Waals surface area contributed by atoms with Crippen molar-refractivity contribution < 1.29 is 14.3 Å². The molecule has 1 saturated heterocycles. The molecule has 0 N–H and O–H groups in total. The lowest BCUT2D eigenvalue weighted by molar-refractivity contribution is -0.133. The molecule has 1 fully saturated rings. The predicted molar refractivity (Wildman–Crippen MR) is 93.7 cm³/mol. The Morgan fingerprint density at radius 2 is 1.92 bits per heavy atom. The van der Waals surface area contributed by atoms with Gasteiger partial charge in [-0.05, 0) is 17.7 Å². The summed E-state index contributed by atoms with van der Waals surface area (Å²) >= 11 is 0. The first-order valence-corrected chi connectivity index (χ1v) is 8.04. The van der Waals surface area contributed by atoms with Crippen molar-refractivity contribution in [3.8, 4) is 5.75 Å². The monoisotopic (exact) mass is 323 g/mol. The molecule has 1 aliphatic heterocycles. The van der Waals surface area contributed by atoms with Gasteiger partial charge in [0.2, 0.25) is 5.91 Å². The van der Waals surface area contributed by atoms with Crippen molar-refractivity contribution in [1.82, 2.24) is 4.90 Å². The van der Waals surface area contributed by atoms with Crippen molar-refractivity contribution in [1.29, 1.82) is 0 Å². The van der Waals surface area contributed by atoms with Gasteiger partial charge in [0.1, 0.15) is 11.9 Å². The molecular weight excluding hydrogens is 302 g/mol. The standard InChI is InChI=1S/C20H21NO3/c1-23-18-10-6-5-9-17(18)11-12-20(22)21-13-14-24-19(15-21)16-7-3-2-4-8-16/h2-12,19H,13-15H2,1H3/b12-11+. The SMILES string of the molecule is COc1ccccc1/C=C/C(=O)N1CCOC(c2ccccc2)C1. The predicted octanol–water partition coefficient (Wildman–Crippen LogP) is 3.31. The Hall–Kier alpha value is -2.59. The van der Waals surface area contributed by atoms with Crippen molar-refractivity contribution in [2.24, 2.45) is 0 Å². The Balaban J connectivity index is 1.67. The zero-order valence-corrected chi connectivity index (χ0v) is 13.7. The van der Waals surface area contributed by atoms with Crippen molar-refractivity contribution in [2.75, 3.05) is 26.8 Å². The van der Waals surface area contributed by atoms with E-state index in [4.69, 9.17) is 9.47 Å². The van der Waals surface area contributed by atoms with E-state index in [1.54, 1.807) is 19.3 Å². The summed E-state index contributed by atoms with van der Waals surface area (Å²) < 4.78 is 11.1. The fourth-order valence-corrected chi connectivity index (χ4v) is 2.79. The van der Waals surface area contributed by atoms with Gasteiger partial charge in [-0.2, -0.15) is 0 Å². The zero-order valence-electron chi connectivity index (χ0n) is 13.7. The molecule has 0 spiro atoms. The Morgan fingerprint density at radius 3 is 2.71 bits per heavy atom. The van der Waals surface area contributed by atoms with E-state index in [0.717, 1.165) is 16.9 Å². The molecule has 0 bridgehead atoms. The number of amides is 1. The van der Waals surface area contributed by atoms with Gasteiger partial charge in [0.15, 0.2) is 0 Å². The molecule has 1 heterocycles. The van der Waals surface area contributed by atoms with Gasteiger partial charge in [-0.1, -0.05) is 48.5 Å². The van der Waals surface area contributed by atoms with Crippen LogP contribution in [0.25, 0.3) is 6.08 Å². The molecule has 1 atom stereocenters. The number of hydrogen-bond acceptors (Lipinski definition) is 3. The van der Waals surface area contributed by atoms with E-state index in [1.807, 2.05) is 59.5 Å². The van der Waals surface area contributed by atoms with Gasteiger partial charge in [0.25, 0.3) is 0 Å². The van der Waals surface area contributed by atoms with Crippen molar-refractivity contribution in [3.63, 3.8) is 0 Å². The first kappa shape index (κ1) is 16.3. The lowest BCUT2D eigenvalue weighted by Crippen LogP contribution is -2.41. The van der Waals surface area contributed by atoms with E-state index in [2.05, 4.69) is 0 Å². The highest BCUT2D eigenvalue weighted by Crippen LogP contribution is 2.23. The van der Waals surface area contributed by atoms with Crippen LogP contribution < -0.4 is 4.74 Å². The average Bonchev–Trinajstić information content (AvgIpc) is 2.67. The highest BCUT2D eigenvalue weighted by atomic mass is 16.5. The van der Waals surface area contributed by atoms with E-state index in [9.17, 15) is 4.79 Å². The zero-order chi connectivity index (χ0) is 16.8. The molecule has 1 amide bonds. The Kier molecular flexibility index (Phi) is 5.29. The molecule has 0 aromatic heterocycles. The Morgan fingerprint density at radius 1 is 1.17 bits per heavy atom. The lowest BCUT2D eigenvalue weighted by Gasteiger charge is -2.32. The highest BCUT2D eigenvalue weighted by molar-refractivity contribution is 5.92. The van der Waals surface area contributed by atoms with Crippen LogP contribution in [0.1, 0.15) is 17.2 Å². The summed E-state index contributed by atoms with van der Waals surface area (Å²) in [6.45, 7) is 1.73. The van der Waals surface area contributed by atoms with E-state index >= 15 is 0 Å². The number of ether oxygens (including phenoxy) is 2. The number of carbonyl (C=O) groups excluding carboxylic acids is 1. The number of rotatable bonds is 4. The maximum absolute atomic E-state index is 12.5. The molecule has 0 saturated carbocycles. The van der Waals surface area contributed by atoms with Crippen LogP contribution in [0.4, 0.5) is 0 Å². The number of hydrogen-bond donors (Lipinski definition) is 0. The number of morpholine rings is 1. The van der Waals surface area contributed by atoms with E-state index in [1.165, 1.54) is 0 Å². The number of carbonyl (C=O) groups is 1. The van der Waals surface area contributed by atoms with Gasteiger partial charge in [0.05, 0.1) is 20.3 Å². The molecule has 0 aliphatic carbocycles. The second-order valence-corrected chi connectivity index (χ2v) is 5.63. The highest BCUT2D eigenvalue weighted by Gasteiger charge is 2.24. The smallest absolute Gasteiger partial charge is 0.246 e. The molecule has 2 aromatic rings. The molecule has 2 aromatic carbocycles. The molecule has 4 nitrogen and oxygen atoms in total. The number of methoxy groups -OCH3 is 1. The normalized spacial score (nSPS) is 17.9. The van der Waals surface area contributed by atoms with Crippen LogP contribution in [-0.4, -0.2) is 37.6 Å².